The Bertz CT molecular complexity index is 1160. The monoisotopic (exact) mass is 625 g/mol. The van der Waals surface area contributed by atoms with Crippen molar-refractivity contribution in [2.75, 3.05) is 11.9 Å². The molecule has 15 heteroatoms. The minimum Gasteiger partial charge on any atom is -0.393 e. The molecule has 3 N–H and O–H groups in total. The minimum atomic E-state index is -4.59. The number of aromatic nitrogens is 2. The van der Waals surface area contributed by atoms with Crippen LogP contribution < -0.4 is 10.9 Å². The number of pyridine rings is 1. The number of rotatable bonds is 6. The number of alkyl halides is 5. The lowest BCUT2D eigenvalue weighted by molar-refractivity contribution is -0.115. The van der Waals surface area contributed by atoms with Gasteiger partial charge in [0, 0.05) is 29.4 Å². The normalized spacial score (nSPS) is 19.0. The Morgan fingerprint density at radius 2 is 1.62 bits per heavy atom. The van der Waals surface area contributed by atoms with Crippen LogP contribution in [0, 0.1) is 0 Å². The summed E-state index contributed by atoms with van der Waals surface area (Å²) in [4.78, 5) is 34.3. The minimum absolute atomic E-state index is 0.0304. The number of aliphatic hydroxyl groups is 1. The van der Waals surface area contributed by atoms with Gasteiger partial charge in [0.2, 0.25) is 0 Å². The molecule has 2 aliphatic heterocycles. The van der Waals surface area contributed by atoms with Crippen LogP contribution >= 0.6 is 11.3 Å². The summed E-state index contributed by atoms with van der Waals surface area (Å²) in [5, 5.41) is 9.91. The third kappa shape index (κ3) is 8.79. The zero-order valence-corrected chi connectivity index (χ0v) is 24.7. The standard InChI is InChI=1S/C19H17F6N5O2S.C4H8O.2C2H6/c20-15(21)10-5-12(27-7-19(22,23)24)26-6-11(10)14-13(28-17(33-14)16(31)29-25)18(32)30-8-1-2-9(30)4-3-8;5-4-2-1-3-4;2*1-2/h5-6,8-9,15H,1-4,7H2,(H,26,27)(H,29,31);4-5H,1-3H2;2*1-2H3. The number of carbonyl (C=O) groups excluding carboxylic acids is 2. The van der Waals surface area contributed by atoms with Gasteiger partial charge in [-0.05, 0) is 51.0 Å². The summed E-state index contributed by atoms with van der Waals surface area (Å²) < 4.78 is 77.8. The van der Waals surface area contributed by atoms with E-state index in [1.165, 1.54) is 6.42 Å². The molecule has 2 amide bonds. The van der Waals surface area contributed by atoms with Crippen molar-refractivity contribution in [3.8, 4) is 10.4 Å². The highest BCUT2D eigenvalue weighted by molar-refractivity contribution is 7.17. The van der Waals surface area contributed by atoms with E-state index in [1.807, 2.05) is 33.0 Å². The first-order valence-electron chi connectivity index (χ1n) is 14.0. The van der Waals surface area contributed by atoms with Gasteiger partial charge in [0.05, 0.1) is 11.0 Å². The van der Waals surface area contributed by atoms with E-state index in [9.17, 15) is 36.0 Å². The van der Waals surface area contributed by atoms with Crippen molar-refractivity contribution in [1.82, 2.24) is 20.4 Å². The number of nitrogens with zero attached hydrogens (tertiary/aromatic N) is 3. The highest BCUT2D eigenvalue weighted by Crippen LogP contribution is 2.42. The number of anilines is 1. The second-order valence-corrected chi connectivity index (χ2v) is 10.3. The average Bonchev–Trinajstić information content (AvgIpc) is 3.71. The number of hydrogen-bond donors (Lipinski definition) is 3. The third-order valence-corrected chi connectivity index (χ3v) is 7.85. The van der Waals surface area contributed by atoms with Crippen LogP contribution in [-0.2, 0) is 0 Å². The van der Waals surface area contributed by atoms with E-state index in [0.29, 0.717) is 11.3 Å². The molecule has 0 unspecified atom stereocenters. The molecular weight excluding hydrogens is 588 g/mol. The van der Waals surface area contributed by atoms with Gasteiger partial charge in [-0.3, -0.25) is 9.59 Å². The lowest BCUT2D eigenvalue weighted by Crippen LogP contribution is -2.35. The SMILES string of the molecule is CC.CC.O=C(NF)c1nc(C(=O)N2C3CCC2CC3)c(-c2cnc(NCC(F)(F)F)cc2C(F)F)s1.OC1CCC1. The van der Waals surface area contributed by atoms with Crippen molar-refractivity contribution in [3.63, 3.8) is 0 Å². The number of thiazole rings is 1. The molecule has 2 aromatic heterocycles. The van der Waals surface area contributed by atoms with Gasteiger partial charge in [-0.2, -0.15) is 18.7 Å². The van der Waals surface area contributed by atoms with Crippen LogP contribution in [0.4, 0.5) is 32.3 Å². The summed E-state index contributed by atoms with van der Waals surface area (Å²) in [7, 11) is 0. The maximum atomic E-state index is 13.8. The first-order chi connectivity index (χ1) is 20.0. The van der Waals surface area contributed by atoms with Crippen LogP contribution in [0.25, 0.3) is 10.4 Å². The fourth-order valence-corrected chi connectivity index (χ4v) is 5.64. The molecule has 8 nitrogen and oxygen atoms in total. The van der Waals surface area contributed by atoms with Crippen molar-refractivity contribution in [1.29, 1.82) is 0 Å². The lowest BCUT2D eigenvalue weighted by atomic mass is 9.97. The van der Waals surface area contributed by atoms with E-state index in [0.717, 1.165) is 56.3 Å². The Hall–Kier alpha value is -2.94. The van der Waals surface area contributed by atoms with E-state index in [4.69, 9.17) is 5.11 Å². The van der Waals surface area contributed by atoms with Gasteiger partial charge in [-0.1, -0.05) is 32.2 Å². The number of fused-ring (bicyclic) bond motifs is 2. The van der Waals surface area contributed by atoms with Crippen molar-refractivity contribution in [3.05, 3.63) is 28.5 Å². The predicted octanol–water partition coefficient (Wildman–Crippen LogP) is 7.08. The van der Waals surface area contributed by atoms with Gasteiger partial charge in [-0.25, -0.2) is 18.7 Å². The molecular formula is C27H37F6N5O3S. The van der Waals surface area contributed by atoms with Crippen molar-refractivity contribution in [2.45, 2.75) is 103 Å². The number of amides is 2. The van der Waals surface area contributed by atoms with E-state index >= 15 is 0 Å². The second kappa shape index (κ2) is 16.1. The molecule has 3 aliphatic rings. The van der Waals surface area contributed by atoms with Crippen molar-refractivity contribution >= 4 is 29.0 Å². The smallest absolute Gasteiger partial charge is 0.393 e. The number of halogens is 6. The van der Waals surface area contributed by atoms with Gasteiger partial charge in [0.15, 0.2) is 5.01 Å². The van der Waals surface area contributed by atoms with E-state index < -0.39 is 47.3 Å². The van der Waals surface area contributed by atoms with Gasteiger partial charge in [0.1, 0.15) is 18.1 Å². The van der Waals surface area contributed by atoms with Gasteiger partial charge >= 0.3 is 12.1 Å². The van der Waals surface area contributed by atoms with E-state index in [1.54, 1.807) is 4.90 Å². The van der Waals surface area contributed by atoms with Crippen LogP contribution in [0.1, 0.15) is 105 Å². The van der Waals surface area contributed by atoms with Crippen molar-refractivity contribution in [2.24, 2.45) is 0 Å². The molecule has 0 aromatic carbocycles. The van der Waals surface area contributed by atoms with Gasteiger partial charge in [0.25, 0.3) is 12.3 Å². The number of hydrogen-bond acceptors (Lipinski definition) is 7. The number of aliphatic hydroxyl groups excluding tert-OH is 1. The summed E-state index contributed by atoms with van der Waals surface area (Å²) in [6.07, 6.45) is -0.299. The Kier molecular flexibility index (Phi) is 13.5. The molecule has 42 heavy (non-hydrogen) atoms. The predicted molar refractivity (Wildman–Crippen MR) is 148 cm³/mol. The highest BCUT2D eigenvalue weighted by atomic mass is 32.1. The Labute approximate surface area is 244 Å². The fraction of sp³-hybridized carbons (Fsp3) is 0.630. The molecule has 2 saturated heterocycles. The molecule has 4 heterocycles. The molecule has 2 aromatic rings. The zero-order valence-electron chi connectivity index (χ0n) is 23.9. The Balaban J connectivity index is 0.000000600. The van der Waals surface area contributed by atoms with Crippen LogP contribution in [0.2, 0.25) is 0 Å². The van der Waals surface area contributed by atoms with Crippen LogP contribution in [0.15, 0.2) is 12.3 Å². The Morgan fingerprint density at radius 3 is 2.05 bits per heavy atom. The molecule has 1 aliphatic carbocycles. The first kappa shape index (κ1) is 35.3. The topological polar surface area (TPSA) is 107 Å². The van der Waals surface area contributed by atoms with Crippen LogP contribution in [0.5, 0.6) is 0 Å². The second-order valence-electron chi connectivity index (χ2n) is 9.31. The van der Waals surface area contributed by atoms with Crippen molar-refractivity contribution < 1.29 is 41.1 Å². The number of nitrogens with one attached hydrogen (secondary N) is 2. The third-order valence-electron chi connectivity index (χ3n) is 6.76. The molecule has 3 fully saturated rings. The van der Waals surface area contributed by atoms with Crippen LogP contribution in [-0.4, -0.2) is 62.7 Å². The summed E-state index contributed by atoms with van der Waals surface area (Å²) >= 11 is 0.526. The largest absolute Gasteiger partial charge is 0.405 e. The maximum absolute atomic E-state index is 13.8. The summed E-state index contributed by atoms with van der Waals surface area (Å²) in [6, 6.07) is 0.683. The number of carbonyl (C=O) groups is 2. The van der Waals surface area contributed by atoms with E-state index in [2.05, 4.69) is 9.97 Å². The molecule has 5 rings (SSSR count). The van der Waals surface area contributed by atoms with Gasteiger partial charge < -0.3 is 15.3 Å². The molecule has 0 atom stereocenters. The van der Waals surface area contributed by atoms with Crippen LogP contribution in [0.3, 0.4) is 0 Å². The van der Waals surface area contributed by atoms with Gasteiger partial charge in [-0.15, -0.1) is 11.3 Å². The fourth-order valence-electron chi connectivity index (χ4n) is 4.67. The molecule has 0 radical (unpaired) electrons. The molecule has 236 valence electrons. The summed E-state index contributed by atoms with van der Waals surface area (Å²) in [5.41, 5.74) is -0.377. The molecule has 1 saturated carbocycles. The maximum Gasteiger partial charge on any atom is 0.405 e. The average molecular weight is 626 g/mol. The summed E-state index contributed by atoms with van der Waals surface area (Å²) in [6.45, 7) is 6.52. The zero-order chi connectivity index (χ0) is 31.6. The molecule has 0 spiro atoms. The Morgan fingerprint density at radius 1 is 1.07 bits per heavy atom. The van der Waals surface area contributed by atoms with E-state index in [-0.39, 0.29) is 34.3 Å². The first-order valence-corrected chi connectivity index (χ1v) is 14.8. The summed E-state index contributed by atoms with van der Waals surface area (Å²) in [5.74, 6) is -2.26. The molecule has 2 bridgehead atoms. The lowest BCUT2D eigenvalue weighted by Gasteiger charge is -2.21. The highest BCUT2D eigenvalue weighted by Gasteiger charge is 2.44. The quantitative estimate of drug-likeness (QED) is 0.234.